The summed E-state index contributed by atoms with van der Waals surface area (Å²) >= 11 is 0. The molecule has 0 aromatic heterocycles. The highest BCUT2D eigenvalue weighted by Crippen LogP contribution is 2.36. The second-order valence-corrected chi connectivity index (χ2v) is 7.18. The number of phenols is 1. The summed E-state index contributed by atoms with van der Waals surface area (Å²) in [4.78, 5) is 29.5. The van der Waals surface area contributed by atoms with Gasteiger partial charge in [-0.05, 0) is 42.7 Å². The Morgan fingerprint density at radius 3 is 2.56 bits per heavy atom. The fraction of sp³-hybridized carbons (Fsp3) is 0.312. The predicted octanol–water partition coefficient (Wildman–Crippen LogP) is 0.861. The quantitative estimate of drug-likeness (QED) is 0.306. The molecule has 6 N–H and O–H groups in total. The van der Waals surface area contributed by atoms with Gasteiger partial charge in [0.15, 0.2) is 11.6 Å². The zero-order valence-electron chi connectivity index (χ0n) is 13.3. The lowest BCUT2D eigenvalue weighted by molar-refractivity contribution is -0.132. The van der Waals surface area contributed by atoms with E-state index in [1.54, 1.807) is 18.2 Å². The number of carbonyl (C=O) groups excluding carboxylic acids is 1. The lowest BCUT2D eigenvalue weighted by Crippen LogP contribution is -2.34. The van der Waals surface area contributed by atoms with Crippen molar-refractivity contribution in [2.75, 3.05) is 0 Å². The molecule has 0 aliphatic heterocycles. The van der Waals surface area contributed by atoms with E-state index in [-0.39, 0.29) is 29.9 Å². The molecule has 0 unspecified atom stereocenters. The van der Waals surface area contributed by atoms with Crippen molar-refractivity contribution in [3.8, 4) is 5.75 Å². The highest BCUT2D eigenvalue weighted by atomic mass is 31.2. The van der Waals surface area contributed by atoms with Crippen molar-refractivity contribution >= 4 is 13.5 Å². The Kier molecular flexibility index (Phi) is 5.82. The number of aromatic hydroxyl groups is 1. The molecule has 1 aliphatic rings. The van der Waals surface area contributed by atoms with Crippen molar-refractivity contribution < 1.29 is 34.5 Å². The molecule has 25 heavy (non-hydrogen) atoms. The highest BCUT2D eigenvalue weighted by Gasteiger charge is 2.33. The lowest BCUT2D eigenvalue weighted by Gasteiger charge is -2.28. The summed E-state index contributed by atoms with van der Waals surface area (Å²) < 4.78 is 11.1. The van der Waals surface area contributed by atoms with E-state index in [9.17, 15) is 24.7 Å². The summed E-state index contributed by atoms with van der Waals surface area (Å²) in [5, 5.41) is 31.9. The normalized spacial score (nSPS) is 15.6. The zero-order chi connectivity index (χ0) is 18.7. The van der Waals surface area contributed by atoms with Gasteiger partial charge in [-0.15, -0.1) is 0 Å². The minimum atomic E-state index is -4.69. The Morgan fingerprint density at radius 1 is 1.20 bits per heavy atom. The van der Waals surface area contributed by atoms with Crippen LogP contribution in [0.3, 0.4) is 0 Å². The number of nitrogens with one attached hydrogen (secondary N) is 1. The van der Waals surface area contributed by atoms with Crippen molar-refractivity contribution in [2.24, 2.45) is 0 Å². The van der Waals surface area contributed by atoms with E-state index in [2.05, 4.69) is 0 Å². The number of aliphatic hydroxyl groups is 2. The fourth-order valence-electron chi connectivity index (χ4n) is 2.64. The standard InChI is InChI=1S/C16H20NO7P/c18-12-5-1-3-11(9-12)4-2-8-16(20,21)14-7-6-13(19)10-15(14)17-25(22,23)24/h1,3,5-7,9,18,20-21H,2,4,8,10H2,(H3,17,22,23,24). The van der Waals surface area contributed by atoms with E-state index in [1.165, 1.54) is 6.07 Å². The van der Waals surface area contributed by atoms with E-state index >= 15 is 0 Å². The first-order valence-electron chi connectivity index (χ1n) is 7.58. The maximum absolute atomic E-state index is 11.5. The van der Waals surface area contributed by atoms with Crippen LogP contribution in [0.5, 0.6) is 5.75 Å². The van der Waals surface area contributed by atoms with Gasteiger partial charge in [-0.3, -0.25) is 9.88 Å². The fourth-order valence-corrected chi connectivity index (χ4v) is 3.19. The van der Waals surface area contributed by atoms with Crippen LogP contribution in [-0.2, 0) is 15.8 Å². The molecule has 1 aliphatic carbocycles. The van der Waals surface area contributed by atoms with Gasteiger partial charge in [0.1, 0.15) is 5.75 Å². The number of hydrogen-bond donors (Lipinski definition) is 6. The van der Waals surface area contributed by atoms with Crippen molar-refractivity contribution in [3.05, 3.63) is 53.3 Å². The van der Waals surface area contributed by atoms with Gasteiger partial charge >= 0.3 is 7.75 Å². The number of ketones is 1. The molecule has 0 heterocycles. The molecule has 0 radical (unpaired) electrons. The van der Waals surface area contributed by atoms with E-state index in [0.29, 0.717) is 12.8 Å². The minimum Gasteiger partial charge on any atom is -0.508 e. The third kappa shape index (κ3) is 5.81. The molecule has 0 fully saturated rings. The Hall–Kier alpha value is -1.96. The molecule has 1 aromatic carbocycles. The van der Waals surface area contributed by atoms with E-state index in [4.69, 9.17) is 9.79 Å². The third-order valence-corrected chi connectivity index (χ3v) is 4.29. The van der Waals surface area contributed by atoms with Crippen LogP contribution in [0.25, 0.3) is 0 Å². The molecule has 136 valence electrons. The second kappa shape index (κ2) is 7.51. The average Bonchev–Trinajstić information content (AvgIpc) is 2.45. The van der Waals surface area contributed by atoms with Gasteiger partial charge in [-0.1, -0.05) is 12.1 Å². The number of benzene rings is 1. The average molecular weight is 369 g/mol. The van der Waals surface area contributed by atoms with Crippen LogP contribution in [0, 0.1) is 0 Å². The summed E-state index contributed by atoms with van der Waals surface area (Å²) in [5.41, 5.74) is 0.460. The molecule has 0 atom stereocenters. The van der Waals surface area contributed by atoms with Gasteiger partial charge in [0.25, 0.3) is 0 Å². The van der Waals surface area contributed by atoms with Gasteiger partial charge in [0, 0.05) is 17.7 Å². The van der Waals surface area contributed by atoms with E-state index in [0.717, 1.165) is 17.7 Å². The van der Waals surface area contributed by atoms with Crippen LogP contribution >= 0.6 is 7.75 Å². The Morgan fingerprint density at radius 2 is 1.92 bits per heavy atom. The summed E-state index contributed by atoms with van der Waals surface area (Å²) in [6, 6.07) is 6.56. The van der Waals surface area contributed by atoms with Crippen LogP contribution in [0.1, 0.15) is 24.8 Å². The zero-order valence-corrected chi connectivity index (χ0v) is 14.2. The molecular weight excluding hydrogens is 349 g/mol. The molecular formula is C16H20NO7P. The maximum atomic E-state index is 11.5. The SMILES string of the molecule is O=C1C=CC(C(O)(O)CCCc2cccc(O)c2)=C(NP(=O)(O)O)C1. The number of hydrogen-bond acceptors (Lipinski definition) is 5. The molecule has 0 spiro atoms. The lowest BCUT2D eigenvalue weighted by atomic mass is 9.92. The van der Waals surface area contributed by atoms with Crippen molar-refractivity contribution in [2.45, 2.75) is 31.5 Å². The molecule has 0 amide bonds. The largest absolute Gasteiger partial charge is 0.508 e. The highest BCUT2D eigenvalue weighted by molar-refractivity contribution is 7.49. The van der Waals surface area contributed by atoms with Crippen molar-refractivity contribution in [1.82, 2.24) is 5.09 Å². The first-order valence-corrected chi connectivity index (χ1v) is 9.19. The summed E-state index contributed by atoms with van der Waals surface area (Å²) in [6.45, 7) is 0. The monoisotopic (exact) mass is 369 g/mol. The van der Waals surface area contributed by atoms with Crippen LogP contribution < -0.4 is 5.09 Å². The Bertz CT molecular complexity index is 764. The number of carbonyl (C=O) groups is 1. The van der Waals surface area contributed by atoms with Gasteiger partial charge in [0.2, 0.25) is 0 Å². The first kappa shape index (κ1) is 19.4. The van der Waals surface area contributed by atoms with Gasteiger partial charge in [-0.25, -0.2) is 4.57 Å². The summed E-state index contributed by atoms with van der Waals surface area (Å²) in [5.74, 6) is -2.65. The molecule has 8 nitrogen and oxygen atoms in total. The molecule has 1 aromatic rings. The molecule has 2 rings (SSSR count). The maximum Gasteiger partial charge on any atom is 0.427 e. The number of phenolic OH excluding ortho intramolecular Hbond substituents is 1. The molecule has 0 saturated carbocycles. The Balaban J connectivity index is 2.12. The number of allylic oxidation sites excluding steroid dienone is 2. The smallest absolute Gasteiger partial charge is 0.427 e. The molecule has 9 heteroatoms. The van der Waals surface area contributed by atoms with Crippen molar-refractivity contribution in [1.29, 1.82) is 0 Å². The number of aryl methyl sites for hydroxylation is 1. The van der Waals surface area contributed by atoms with Gasteiger partial charge < -0.3 is 25.1 Å². The summed E-state index contributed by atoms with van der Waals surface area (Å²) in [7, 11) is -4.69. The topological polar surface area (TPSA) is 147 Å². The van der Waals surface area contributed by atoms with Crippen LogP contribution in [0.2, 0.25) is 0 Å². The van der Waals surface area contributed by atoms with Gasteiger partial charge in [-0.2, -0.15) is 0 Å². The van der Waals surface area contributed by atoms with Crippen LogP contribution in [0.4, 0.5) is 0 Å². The predicted molar refractivity (Wildman–Crippen MR) is 89.2 cm³/mol. The third-order valence-electron chi connectivity index (χ3n) is 3.73. The number of rotatable bonds is 7. The van der Waals surface area contributed by atoms with Crippen LogP contribution in [0.15, 0.2) is 47.7 Å². The Labute approximate surface area is 144 Å². The first-order chi connectivity index (χ1) is 11.6. The summed E-state index contributed by atoms with van der Waals surface area (Å²) in [6.07, 6.45) is 2.61. The molecule has 0 bridgehead atoms. The van der Waals surface area contributed by atoms with E-state index < -0.39 is 19.3 Å². The van der Waals surface area contributed by atoms with Crippen molar-refractivity contribution in [3.63, 3.8) is 0 Å². The van der Waals surface area contributed by atoms with Gasteiger partial charge in [0.05, 0.1) is 6.42 Å². The van der Waals surface area contributed by atoms with E-state index in [1.807, 2.05) is 5.09 Å². The molecule has 0 saturated heterocycles. The van der Waals surface area contributed by atoms with Crippen LogP contribution in [-0.4, -0.2) is 36.7 Å². The minimum absolute atomic E-state index is 0.112. The second-order valence-electron chi connectivity index (χ2n) is 5.86.